The number of fused-ring (bicyclic) bond motifs is 1. The zero-order valence-electron chi connectivity index (χ0n) is 11.5. The summed E-state index contributed by atoms with van der Waals surface area (Å²) in [6.45, 7) is 3.42. The highest BCUT2D eigenvalue weighted by atomic mass is 16.6. The van der Waals surface area contributed by atoms with Crippen LogP contribution in [0.4, 0.5) is 0 Å². The molecule has 20 heavy (non-hydrogen) atoms. The van der Waals surface area contributed by atoms with Gasteiger partial charge in [0.15, 0.2) is 5.41 Å². The Morgan fingerprint density at radius 1 is 1.15 bits per heavy atom. The van der Waals surface area contributed by atoms with Crippen LogP contribution in [0.5, 0.6) is 0 Å². The highest BCUT2D eigenvalue weighted by Gasteiger charge is 2.66. The van der Waals surface area contributed by atoms with Gasteiger partial charge in [0.2, 0.25) is 11.8 Å². The predicted octanol–water partition coefficient (Wildman–Crippen LogP) is 0.0203. The van der Waals surface area contributed by atoms with E-state index in [1.807, 2.05) is 0 Å². The molecule has 0 radical (unpaired) electrons. The molecule has 0 aromatic carbocycles. The summed E-state index contributed by atoms with van der Waals surface area (Å²) in [6.07, 6.45) is 0.0697. The minimum absolute atomic E-state index is 0.0921. The normalized spacial score (nSPS) is 23.7. The van der Waals surface area contributed by atoms with Crippen molar-refractivity contribution in [3.05, 3.63) is 0 Å². The topological polar surface area (TPSA) is 90.0 Å². The van der Waals surface area contributed by atoms with Gasteiger partial charge in [-0.3, -0.25) is 24.1 Å². The fraction of sp³-hybridized carbons (Fsp3) is 0.692. The fourth-order valence-electron chi connectivity index (χ4n) is 2.92. The third-order valence-corrected chi connectivity index (χ3v) is 3.76. The number of ether oxygens (including phenoxy) is 2. The summed E-state index contributed by atoms with van der Waals surface area (Å²) in [5.74, 6) is -2.43. The summed E-state index contributed by atoms with van der Waals surface area (Å²) in [5.41, 5.74) is -1.70. The highest BCUT2D eigenvalue weighted by Crippen LogP contribution is 2.45. The minimum Gasteiger partial charge on any atom is -0.465 e. The van der Waals surface area contributed by atoms with E-state index in [-0.39, 0.29) is 38.4 Å². The van der Waals surface area contributed by atoms with E-state index < -0.39 is 29.3 Å². The molecule has 0 N–H and O–H groups in total. The zero-order valence-corrected chi connectivity index (χ0v) is 11.5. The van der Waals surface area contributed by atoms with Gasteiger partial charge in [0, 0.05) is 6.42 Å². The Morgan fingerprint density at radius 3 is 2.20 bits per heavy atom. The lowest BCUT2D eigenvalue weighted by Gasteiger charge is -2.28. The van der Waals surface area contributed by atoms with E-state index in [9.17, 15) is 19.2 Å². The van der Waals surface area contributed by atoms with Crippen molar-refractivity contribution in [1.29, 1.82) is 0 Å². The van der Waals surface area contributed by atoms with Gasteiger partial charge in [-0.15, -0.1) is 0 Å². The van der Waals surface area contributed by atoms with Crippen LogP contribution in [0.15, 0.2) is 0 Å². The molecular formula is C13H17NO6. The number of esters is 2. The Morgan fingerprint density at radius 2 is 1.70 bits per heavy atom. The molecule has 2 rings (SSSR count). The SMILES string of the molecule is CCOC(=O)C1(C(=O)OCC)CC(=O)N2C(=O)CCC21. The maximum absolute atomic E-state index is 12.3. The van der Waals surface area contributed by atoms with E-state index in [0.717, 1.165) is 4.90 Å². The van der Waals surface area contributed by atoms with Crippen molar-refractivity contribution in [3.8, 4) is 0 Å². The van der Waals surface area contributed by atoms with Crippen LogP contribution in [0, 0.1) is 5.41 Å². The van der Waals surface area contributed by atoms with Crippen molar-refractivity contribution in [1.82, 2.24) is 4.90 Å². The van der Waals surface area contributed by atoms with Gasteiger partial charge < -0.3 is 9.47 Å². The number of rotatable bonds is 4. The maximum atomic E-state index is 12.3. The van der Waals surface area contributed by atoms with Gasteiger partial charge in [-0.05, 0) is 20.3 Å². The number of imide groups is 1. The summed E-state index contributed by atoms with van der Waals surface area (Å²) in [7, 11) is 0. The van der Waals surface area contributed by atoms with Crippen LogP contribution in [0.25, 0.3) is 0 Å². The second kappa shape index (κ2) is 5.22. The third kappa shape index (κ3) is 1.88. The van der Waals surface area contributed by atoms with Crippen molar-refractivity contribution in [2.24, 2.45) is 5.41 Å². The average Bonchev–Trinajstić information content (AvgIpc) is 2.91. The van der Waals surface area contributed by atoms with Crippen molar-refractivity contribution in [2.75, 3.05) is 13.2 Å². The second-order valence-electron chi connectivity index (χ2n) is 4.80. The van der Waals surface area contributed by atoms with E-state index in [2.05, 4.69) is 0 Å². The number of carbonyl (C=O) groups is 4. The lowest BCUT2D eigenvalue weighted by molar-refractivity contribution is -0.173. The molecule has 2 saturated heterocycles. The summed E-state index contributed by atoms with van der Waals surface area (Å²) < 4.78 is 9.92. The van der Waals surface area contributed by atoms with Crippen molar-refractivity contribution >= 4 is 23.8 Å². The standard InChI is InChI=1S/C13H17NO6/c1-3-19-11(17)13(12(18)20-4-2)7-10(16)14-8(13)5-6-9(14)15/h8H,3-7H2,1-2H3. The summed E-state index contributed by atoms with van der Waals surface area (Å²) >= 11 is 0. The van der Waals surface area contributed by atoms with Crippen molar-refractivity contribution < 1.29 is 28.7 Å². The van der Waals surface area contributed by atoms with E-state index in [1.165, 1.54) is 0 Å². The predicted molar refractivity (Wildman–Crippen MR) is 65.2 cm³/mol. The van der Waals surface area contributed by atoms with Gasteiger partial charge in [-0.25, -0.2) is 0 Å². The molecule has 0 aromatic heterocycles. The van der Waals surface area contributed by atoms with Crippen LogP contribution < -0.4 is 0 Å². The van der Waals surface area contributed by atoms with E-state index in [0.29, 0.717) is 0 Å². The van der Waals surface area contributed by atoms with Crippen LogP contribution >= 0.6 is 0 Å². The first-order valence-corrected chi connectivity index (χ1v) is 6.68. The molecule has 1 atom stereocenters. The molecule has 2 heterocycles. The van der Waals surface area contributed by atoms with Gasteiger partial charge in [-0.1, -0.05) is 0 Å². The van der Waals surface area contributed by atoms with Gasteiger partial charge >= 0.3 is 11.9 Å². The average molecular weight is 283 g/mol. The molecule has 7 heteroatoms. The zero-order chi connectivity index (χ0) is 14.9. The molecule has 0 saturated carbocycles. The summed E-state index contributed by atoms with van der Waals surface area (Å²) in [6, 6.07) is -0.777. The molecule has 0 aromatic rings. The first-order chi connectivity index (χ1) is 9.48. The number of hydrogen-bond donors (Lipinski definition) is 0. The van der Waals surface area contributed by atoms with Crippen LogP contribution in [0.1, 0.15) is 33.1 Å². The van der Waals surface area contributed by atoms with Crippen LogP contribution in [-0.4, -0.2) is 47.9 Å². The first-order valence-electron chi connectivity index (χ1n) is 6.68. The Bertz CT molecular complexity index is 453. The molecule has 0 aliphatic carbocycles. The lowest BCUT2D eigenvalue weighted by atomic mass is 9.79. The van der Waals surface area contributed by atoms with Crippen LogP contribution in [-0.2, 0) is 28.7 Å². The smallest absolute Gasteiger partial charge is 0.326 e. The highest BCUT2D eigenvalue weighted by molar-refractivity contribution is 6.12. The van der Waals surface area contributed by atoms with Crippen LogP contribution in [0.2, 0.25) is 0 Å². The van der Waals surface area contributed by atoms with Gasteiger partial charge in [0.1, 0.15) is 0 Å². The number of amides is 2. The molecule has 2 aliphatic rings. The van der Waals surface area contributed by atoms with Crippen molar-refractivity contribution in [2.45, 2.75) is 39.2 Å². The number of hydrogen-bond acceptors (Lipinski definition) is 6. The molecule has 2 amide bonds. The second-order valence-corrected chi connectivity index (χ2v) is 4.80. The Labute approximate surface area is 116 Å². The quantitative estimate of drug-likeness (QED) is 0.410. The maximum Gasteiger partial charge on any atom is 0.326 e. The van der Waals surface area contributed by atoms with Crippen molar-refractivity contribution in [3.63, 3.8) is 0 Å². The number of carbonyl (C=O) groups excluding carboxylic acids is 4. The third-order valence-electron chi connectivity index (χ3n) is 3.76. The van der Waals surface area contributed by atoms with E-state index >= 15 is 0 Å². The monoisotopic (exact) mass is 283 g/mol. The largest absolute Gasteiger partial charge is 0.465 e. The Kier molecular flexibility index (Phi) is 3.78. The van der Waals surface area contributed by atoms with Gasteiger partial charge in [-0.2, -0.15) is 0 Å². The molecule has 2 fully saturated rings. The van der Waals surface area contributed by atoms with E-state index in [4.69, 9.17) is 9.47 Å². The molecular weight excluding hydrogens is 266 g/mol. The summed E-state index contributed by atoms with van der Waals surface area (Å²) in [5, 5.41) is 0. The minimum atomic E-state index is -1.70. The van der Waals surface area contributed by atoms with Crippen LogP contribution in [0.3, 0.4) is 0 Å². The molecule has 0 spiro atoms. The molecule has 1 unspecified atom stereocenters. The van der Waals surface area contributed by atoms with Gasteiger partial charge in [0.05, 0.1) is 25.7 Å². The van der Waals surface area contributed by atoms with E-state index in [1.54, 1.807) is 13.8 Å². The molecule has 2 aliphatic heterocycles. The number of nitrogens with zero attached hydrogens (tertiary/aromatic N) is 1. The molecule has 0 bridgehead atoms. The Balaban J connectivity index is 2.43. The first kappa shape index (κ1) is 14.5. The fourth-order valence-corrected chi connectivity index (χ4v) is 2.92. The summed E-state index contributed by atoms with van der Waals surface area (Å²) in [4.78, 5) is 49.3. The molecule has 110 valence electrons. The molecule has 7 nitrogen and oxygen atoms in total. The Hall–Kier alpha value is -1.92. The van der Waals surface area contributed by atoms with Gasteiger partial charge in [0.25, 0.3) is 0 Å². The lowest BCUT2D eigenvalue weighted by Crippen LogP contribution is -2.50.